The van der Waals surface area contributed by atoms with Crippen LogP contribution in [0.3, 0.4) is 0 Å². The molecule has 1 fully saturated rings. The van der Waals surface area contributed by atoms with Crippen molar-refractivity contribution in [3.63, 3.8) is 0 Å². The number of carbonyl (C=O) groups is 2. The molecular weight excluding hydrogens is 360 g/mol. The van der Waals surface area contributed by atoms with Crippen molar-refractivity contribution >= 4 is 11.8 Å². The molecule has 1 aliphatic rings. The summed E-state index contributed by atoms with van der Waals surface area (Å²) in [6, 6.07) is 0. The molecule has 1 aliphatic heterocycles. The van der Waals surface area contributed by atoms with E-state index >= 15 is 0 Å². The van der Waals surface area contributed by atoms with Gasteiger partial charge in [-0.2, -0.15) is 0 Å². The summed E-state index contributed by atoms with van der Waals surface area (Å²) in [5.41, 5.74) is 0. The minimum absolute atomic E-state index is 0.000798. The number of carbonyl (C=O) groups excluding carboxylic acids is 2. The van der Waals surface area contributed by atoms with E-state index in [0.29, 0.717) is 59.0 Å². The molecule has 0 radical (unpaired) electrons. The van der Waals surface area contributed by atoms with Crippen molar-refractivity contribution in [1.82, 2.24) is 20.4 Å². The molecule has 8 heteroatoms. The van der Waals surface area contributed by atoms with Gasteiger partial charge in [0.05, 0.1) is 33.0 Å². The number of rotatable bonds is 12. The Morgan fingerprint density at radius 1 is 0.857 bits per heavy atom. The lowest BCUT2D eigenvalue weighted by Gasteiger charge is -2.34. The monoisotopic (exact) mass is 404 g/mol. The highest BCUT2D eigenvalue weighted by Crippen LogP contribution is 2.03. The van der Waals surface area contributed by atoms with Crippen LogP contribution in [-0.2, 0) is 19.1 Å². The summed E-state index contributed by atoms with van der Waals surface area (Å²) in [7, 11) is 1.88. The second-order valence-corrected chi connectivity index (χ2v) is 5.69. The number of hydrogen-bond acceptors (Lipinski definition) is 6. The number of likely N-dealkylation sites (N-methyl/N-ethyl adjacent to an activating group) is 1. The van der Waals surface area contributed by atoms with Gasteiger partial charge in [-0.15, -0.1) is 0 Å². The average Bonchev–Trinajstić information content (AvgIpc) is 2.75. The van der Waals surface area contributed by atoms with E-state index in [9.17, 15) is 9.59 Å². The first-order chi connectivity index (χ1) is 13.7. The van der Waals surface area contributed by atoms with E-state index in [0.717, 1.165) is 19.6 Å². The maximum Gasteiger partial charge on any atom is 0.234 e. The Labute approximate surface area is 172 Å². The number of hydrogen-bond donors (Lipinski definition) is 2. The molecule has 0 aliphatic carbocycles. The van der Waals surface area contributed by atoms with Gasteiger partial charge in [0.2, 0.25) is 11.8 Å². The van der Waals surface area contributed by atoms with E-state index in [-0.39, 0.29) is 11.8 Å². The molecule has 1 saturated heterocycles. The minimum Gasteiger partial charge on any atom is -0.378 e. The van der Waals surface area contributed by atoms with Crippen LogP contribution in [-0.4, -0.2) is 101 Å². The van der Waals surface area contributed by atoms with Crippen molar-refractivity contribution in [2.24, 2.45) is 0 Å². The fourth-order valence-corrected chi connectivity index (χ4v) is 2.40. The van der Waals surface area contributed by atoms with Gasteiger partial charge < -0.3 is 25.0 Å². The van der Waals surface area contributed by atoms with Gasteiger partial charge in [-0.1, -0.05) is 34.6 Å². The maximum absolute atomic E-state index is 11.9. The van der Waals surface area contributed by atoms with Crippen LogP contribution in [0.2, 0.25) is 0 Å². The number of nitrogens with one attached hydrogen (secondary N) is 2. The third-order valence-corrected chi connectivity index (χ3v) is 3.83. The Bertz CT molecular complexity index is 362. The van der Waals surface area contributed by atoms with Crippen molar-refractivity contribution in [2.45, 2.75) is 41.0 Å². The fourth-order valence-electron chi connectivity index (χ4n) is 2.40. The normalized spacial score (nSPS) is 13.7. The van der Waals surface area contributed by atoms with Gasteiger partial charge in [0, 0.05) is 45.7 Å². The molecule has 0 unspecified atom stereocenters. The second kappa shape index (κ2) is 22.1. The smallest absolute Gasteiger partial charge is 0.234 e. The first-order valence-electron chi connectivity index (χ1n) is 10.7. The zero-order valence-corrected chi connectivity index (χ0v) is 19.0. The fraction of sp³-hybridized carbons (Fsp3) is 0.900. The van der Waals surface area contributed by atoms with E-state index in [1.807, 2.05) is 46.6 Å². The van der Waals surface area contributed by atoms with Crippen LogP contribution in [0.1, 0.15) is 41.0 Å². The lowest BCUT2D eigenvalue weighted by Crippen LogP contribution is -2.51. The summed E-state index contributed by atoms with van der Waals surface area (Å²) in [6.45, 7) is 16.8. The highest BCUT2D eigenvalue weighted by atomic mass is 16.5. The Morgan fingerprint density at radius 3 is 1.89 bits per heavy atom. The molecular formula is C20H44N4O4. The summed E-state index contributed by atoms with van der Waals surface area (Å²) in [6.07, 6.45) is 0.543. The van der Waals surface area contributed by atoms with Gasteiger partial charge in [-0.3, -0.25) is 14.5 Å². The molecule has 2 N–H and O–H groups in total. The maximum atomic E-state index is 11.9. The van der Waals surface area contributed by atoms with Gasteiger partial charge in [-0.05, 0) is 7.05 Å². The lowest BCUT2D eigenvalue weighted by atomic mass is 10.3. The van der Waals surface area contributed by atoms with Crippen molar-refractivity contribution < 1.29 is 19.1 Å². The molecule has 2 amide bonds. The molecule has 0 spiro atoms. The summed E-state index contributed by atoms with van der Waals surface area (Å²) in [5, 5.41) is 5.85. The Hall–Kier alpha value is -1.22. The summed E-state index contributed by atoms with van der Waals surface area (Å²) in [4.78, 5) is 27.4. The molecule has 168 valence electrons. The number of amides is 2. The topological polar surface area (TPSA) is 83.1 Å². The molecule has 28 heavy (non-hydrogen) atoms. The minimum atomic E-state index is -0.000798. The lowest BCUT2D eigenvalue weighted by molar-refractivity contribution is -0.132. The van der Waals surface area contributed by atoms with Crippen LogP contribution in [0.25, 0.3) is 0 Å². The number of piperazine rings is 1. The quantitative estimate of drug-likeness (QED) is 0.472. The third-order valence-electron chi connectivity index (χ3n) is 3.83. The van der Waals surface area contributed by atoms with Crippen LogP contribution < -0.4 is 10.6 Å². The van der Waals surface area contributed by atoms with Crippen molar-refractivity contribution in [3.8, 4) is 0 Å². The highest BCUT2D eigenvalue weighted by molar-refractivity contribution is 5.78. The standard InChI is InChI=1S/C16H32N4O4.2C2H6/c1-3-16(22)20-8-6-19(7-9-20)14-15(21)18-5-11-24-13-12-23-10-4-17-2;2*1-2/h17H,3-14H2,1-2H3,(H,18,21);2*1-2H3. The van der Waals surface area contributed by atoms with Crippen molar-refractivity contribution in [3.05, 3.63) is 0 Å². The average molecular weight is 405 g/mol. The van der Waals surface area contributed by atoms with Crippen LogP contribution in [0.5, 0.6) is 0 Å². The largest absolute Gasteiger partial charge is 0.378 e. The Morgan fingerprint density at radius 2 is 1.39 bits per heavy atom. The molecule has 0 aromatic heterocycles. The third kappa shape index (κ3) is 15.8. The van der Waals surface area contributed by atoms with Crippen molar-refractivity contribution in [1.29, 1.82) is 0 Å². The predicted octanol–water partition coefficient (Wildman–Crippen LogP) is 0.962. The molecule has 0 saturated carbocycles. The van der Waals surface area contributed by atoms with E-state index in [2.05, 4.69) is 15.5 Å². The summed E-state index contributed by atoms with van der Waals surface area (Å²) >= 11 is 0. The molecule has 0 aromatic carbocycles. The van der Waals surface area contributed by atoms with Gasteiger partial charge in [0.1, 0.15) is 0 Å². The Balaban J connectivity index is 0. The molecule has 0 bridgehead atoms. The molecule has 1 heterocycles. The van der Waals surface area contributed by atoms with E-state index in [4.69, 9.17) is 9.47 Å². The van der Waals surface area contributed by atoms with E-state index in [1.165, 1.54) is 0 Å². The van der Waals surface area contributed by atoms with Gasteiger partial charge in [0.25, 0.3) is 0 Å². The van der Waals surface area contributed by atoms with Crippen LogP contribution in [0.4, 0.5) is 0 Å². The number of nitrogens with zero attached hydrogens (tertiary/aromatic N) is 2. The molecule has 8 nitrogen and oxygen atoms in total. The van der Waals surface area contributed by atoms with Crippen LogP contribution in [0.15, 0.2) is 0 Å². The summed E-state index contributed by atoms with van der Waals surface area (Å²) in [5.74, 6) is 0.185. The first-order valence-corrected chi connectivity index (χ1v) is 10.7. The number of ether oxygens (including phenoxy) is 2. The molecule has 0 aromatic rings. The Kier molecular flexibility index (Phi) is 22.8. The van der Waals surface area contributed by atoms with Gasteiger partial charge >= 0.3 is 0 Å². The zero-order chi connectivity index (χ0) is 21.6. The zero-order valence-electron chi connectivity index (χ0n) is 19.0. The second-order valence-electron chi connectivity index (χ2n) is 5.69. The predicted molar refractivity (Wildman–Crippen MR) is 115 cm³/mol. The van der Waals surface area contributed by atoms with E-state index in [1.54, 1.807) is 0 Å². The SMILES string of the molecule is CC.CC.CCC(=O)N1CCN(CC(=O)NCCOCCOCCNC)CC1. The first kappa shape index (κ1) is 29.0. The van der Waals surface area contributed by atoms with Crippen LogP contribution in [0, 0.1) is 0 Å². The van der Waals surface area contributed by atoms with E-state index < -0.39 is 0 Å². The molecule has 1 rings (SSSR count). The van der Waals surface area contributed by atoms with Crippen molar-refractivity contribution in [2.75, 3.05) is 79.3 Å². The van der Waals surface area contributed by atoms with Gasteiger partial charge in [-0.25, -0.2) is 0 Å². The molecule has 0 atom stereocenters. The van der Waals surface area contributed by atoms with Gasteiger partial charge in [0.15, 0.2) is 0 Å². The summed E-state index contributed by atoms with van der Waals surface area (Å²) < 4.78 is 10.7. The van der Waals surface area contributed by atoms with Crippen LogP contribution >= 0.6 is 0 Å². The highest BCUT2D eigenvalue weighted by Gasteiger charge is 2.21.